The molecule has 0 saturated carbocycles. The Morgan fingerprint density at radius 3 is 2.86 bits per heavy atom. The molecule has 2 fully saturated rings. The standard InChI is InChI=1S/C19H25N5O3S/c1-13-20-18(22-21-13)19-5-6-23(17(26)11-27-2)9-14(19)10-24(12-19)16(25)8-15-4-3-7-28-15/h3-4,7,14H,5-6,8-12H2,1-2H3,(H,20,21,22)/t14-,19-/m1/s1. The van der Waals surface area contributed by atoms with Crippen molar-refractivity contribution < 1.29 is 14.3 Å². The van der Waals surface area contributed by atoms with Crippen LogP contribution in [0.3, 0.4) is 0 Å². The van der Waals surface area contributed by atoms with Crippen molar-refractivity contribution in [3.05, 3.63) is 34.0 Å². The Labute approximate surface area is 167 Å². The zero-order valence-corrected chi connectivity index (χ0v) is 17.0. The highest BCUT2D eigenvalue weighted by molar-refractivity contribution is 7.10. The smallest absolute Gasteiger partial charge is 0.248 e. The van der Waals surface area contributed by atoms with Crippen molar-refractivity contribution in [2.75, 3.05) is 39.9 Å². The molecule has 2 aliphatic rings. The van der Waals surface area contributed by atoms with Crippen LogP contribution in [0.15, 0.2) is 17.5 Å². The van der Waals surface area contributed by atoms with E-state index in [-0.39, 0.29) is 29.8 Å². The average molecular weight is 404 g/mol. The van der Waals surface area contributed by atoms with Crippen LogP contribution in [0.2, 0.25) is 0 Å². The normalized spacial score (nSPS) is 24.4. The highest BCUT2D eigenvalue weighted by atomic mass is 32.1. The number of thiophene rings is 1. The Kier molecular flexibility index (Phi) is 5.20. The summed E-state index contributed by atoms with van der Waals surface area (Å²) in [6.45, 7) is 4.41. The first-order valence-corrected chi connectivity index (χ1v) is 10.4. The van der Waals surface area contributed by atoms with Gasteiger partial charge in [-0.05, 0) is 24.8 Å². The predicted octanol–water partition coefficient (Wildman–Crippen LogP) is 0.992. The van der Waals surface area contributed by atoms with E-state index in [2.05, 4.69) is 15.2 Å². The number of hydrogen-bond donors (Lipinski definition) is 1. The maximum atomic E-state index is 12.9. The Hall–Kier alpha value is -2.26. The number of carbonyl (C=O) groups excluding carboxylic acids is 2. The second kappa shape index (κ2) is 7.63. The summed E-state index contributed by atoms with van der Waals surface area (Å²) in [4.78, 5) is 34.7. The van der Waals surface area contributed by atoms with E-state index in [1.807, 2.05) is 34.2 Å². The van der Waals surface area contributed by atoms with E-state index >= 15 is 0 Å². The fourth-order valence-electron chi connectivity index (χ4n) is 4.42. The number of nitrogens with one attached hydrogen (secondary N) is 1. The molecular formula is C19H25N5O3S. The third-order valence-corrected chi connectivity index (χ3v) is 6.76. The SMILES string of the molecule is COCC(=O)N1CC[C@@]2(c3n[nH]c(C)n3)CN(C(=O)Cc3cccs3)C[C@H]2C1. The summed E-state index contributed by atoms with van der Waals surface area (Å²) in [5, 5.41) is 9.38. The number of methoxy groups -OCH3 is 1. The molecule has 0 unspecified atom stereocenters. The van der Waals surface area contributed by atoms with Crippen LogP contribution >= 0.6 is 11.3 Å². The maximum absolute atomic E-state index is 12.9. The van der Waals surface area contributed by atoms with Gasteiger partial charge in [0.25, 0.3) is 0 Å². The van der Waals surface area contributed by atoms with Gasteiger partial charge in [0.1, 0.15) is 12.4 Å². The molecule has 2 atom stereocenters. The summed E-state index contributed by atoms with van der Waals surface area (Å²) in [5.41, 5.74) is -0.306. The molecule has 28 heavy (non-hydrogen) atoms. The number of hydrogen-bond acceptors (Lipinski definition) is 6. The highest BCUT2D eigenvalue weighted by Gasteiger charge is 2.54. The van der Waals surface area contributed by atoms with Gasteiger partial charge in [-0.1, -0.05) is 6.07 Å². The van der Waals surface area contributed by atoms with Crippen LogP contribution in [0.25, 0.3) is 0 Å². The first kappa shape index (κ1) is 19.1. The molecular weight excluding hydrogens is 378 g/mol. The third kappa shape index (κ3) is 3.44. The number of rotatable bonds is 5. The zero-order valence-electron chi connectivity index (χ0n) is 16.2. The number of aryl methyl sites for hydroxylation is 1. The van der Waals surface area contributed by atoms with E-state index in [0.717, 1.165) is 22.9 Å². The lowest BCUT2D eigenvalue weighted by atomic mass is 9.72. The van der Waals surface area contributed by atoms with Crippen molar-refractivity contribution >= 4 is 23.2 Å². The molecule has 4 rings (SSSR count). The second-order valence-electron chi connectivity index (χ2n) is 7.65. The van der Waals surface area contributed by atoms with Crippen LogP contribution in [-0.4, -0.2) is 76.7 Å². The fraction of sp³-hybridized carbons (Fsp3) is 0.579. The molecule has 2 saturated heterocycles. The van der Waals surface area contributed by atoms with Crippen molar-refractivity contribution in [1.82, 2.24) is 25.0 Å². The van der Waals surface area contributed by atoms with Crippen molar-refractivity contribution in [2.24, 2.45) is 5.92 Å². The maximum Gasteiger partial charge on any atom is 0.248 e. The largest absolute Gasteiger partial charge is 0.375 e. The minimum Gasteiger partial charge on any atom is -0.375 e. The first-order chi connectivity index (χ1) is 13.5. The highest BCUT2D eigenvalue weighted by Crippen LogP contribution is 2.44. The van der Waals surface area contributed by atoms with Gasteiger partial charge in [-0.3, -0.25) is 14.7 Å². The number of aromatic amines is 1. The number of ether oxygens (including phenoxy) is 1. The Morgan fingerprint density at radius 1 is 1.36 bits per heavy atom. The molecule has 2 aromatic rings. The molecule has 150 valence electrons. The van der Waals surface area contributed by atoms with Gasteiger partial charge in [-0.2, -0.15) is 5.10 Å². The summed E-state index contributed by atoms with van der Waals surface area (Å²) in [6, 6.07) is 3.96. The lowest BCUT2D eigenvalue weighted by Gasteiger charge is -2.41. The third-order valence-electron chi connectivity index (χ3n) is 5.89. The number of amides is 2. The Morgan fingerprint density at radius 2 is 2.18 bits per heavy atom. The summed E-state index contributed by atoms with van der Waals surface area (Å²) < 4.78 is 5.02. The van der Waals surface area contributed by atoms with Crippen LogP contribution in [0.4, 0.5) is 0 Å². The summed E-state index contributed by atoms with van der Waals surface area (Å²) >= 11 is 1.60. The van der Waals surface area contributed by atoms with Gasteiger partial charge >= 0.3 is 0 Å². The van der Waals surface area contributed by atoms with Crippen LogP contribution in [0, 0.1) is 12.8 Å². The van der Waals surface area contributed by atoms with E-state index in [4.69, 9.17) is 4.74 Å². The number of nitrogens with zero attached hydrogens (tertiary/aromatic N) is 4. The van der Waals surface area contributed by atoms with Gasteiger partial charge < -0.3 is 14.5 Å². The molecule has 0 aromatic carbocycles. The predicted molar refractivity (Wildman–Crippen MR) is 104 cm³/mol. The van der Waals surface area contributed by atoms with E-state index < -0.39 is 0 Å². The van der Waals surface area contributed by atoms with Crippen LogP contribution in [0.5, 0.6) is 0 Å². The van der Waals surface area contributed by atoms with Crippen LogP contribution < -0.4 is 0 Å². The summed E-state index contributed by atoms with van der Waals surface area (Å²) in [7, 11) is 1.53. The van der Waals surface area contributed by atoms with E-state index in [1.165, 1.54) is 7.11 Å². The molecule has 9 heteroatoms. The van der Waals surface area contributed by atoms with E-state index in [9.17, 15) is 9.59 Å². The molecule has 0 spiro atoms. The molecule has 0 bridgehead atoms. The Bertz CT molecular complexity index is 852. The van der Waals surface area contributed by atoms with Crippen LogP contribution in [-0.2, 0) is 26.2 Å². The number of likely N-dealkylation sites (tertiary alicyclic amines) is 2. The fourth-order valence-corrected chi connectivity index (χ4v) is 5.11. The monoisotopic (exact) mass is 403 g/mol. The number of aromatic nitrogens is 3. The molecule has 0 aliphatic carbocycles. The van der Waals surface area contributed by atoms with E-state index in [0.29, 0.717) is 32.6 Å². The lowest BCUT2D eigenvalue weighted by molar-refractivity contribution is -0.137. The molecule has 2 amide bonds. The number of carbonyl (C=O) groups is 2. The van der Waals surface area contributed by atoms with Crippen molar-refractivity contribution in [1.29, 1.82) is 0 Å². The van der Waals surface area contributed by atoms with E-state index in [1.54, 1.807) is 11.3 Å². The Balaban J connectivity index is 1.57. The molecule has 2 aliphatic heterocycles. The number of H-pyrrole nitrogens is 1. The van der Waals surface area contributed by atoms with Crippen LogP contribution in [0.1, 0.15) is 22.9 Å². The number of fused-ring (bicyclic) bond motifs is 1. The topological polar surface area (TPSA) is 91.4 Å². The molecule has 8 nitrogen and oxygen atoms in total. The quantitative estimate of drug-likeness (QED) is 0.804. The van der Waals surface area contributed by atoms with Gasteiger partial charge in [0, 0.05) is 44.1 Å². The van der Waals surface area contributed by atoms with Gasteiger partial charge in [-0.15, -0.1) is 11.3 Å². The summed E-state index contributed by atoms with van der Waals surface area (Å²) in [5.74, 6) is 1.76. The van der Waals surface area contributed by atoms with Crippen molar-refractivity contribution in [3.8, 4) is 0 Å². The van der Waals surface area contributed by atoms with Crippen molar-refractivity contribution in [3.63, 3.8) is 0 Å². The second-order valence-corrected chi connectivity index (χ2v) is 8.68. The molecule has 2 aromatic heterocycles. The minimum atomic E-state index is -0.306. The summed E-state index contributed by atoms with van der Waals surface area (Å²) in [6.07, 6.45) is 1.16. The number of piperidine rings is 1. The van der Waals surface area contributed by atoms with Gasteiger partial charge in [0.05, 0.1) is 11.8 Å². The minimum absolute atomic E-state index is 0.00868. The average Bonchev–Trinajstić information content (AvgIpc) is 3.40. The van der Waals surface area contributed by atoms with Gasteiger partial charge in [0.15, 0.2) is 5.82 Å². The first-order valence-electron chi connectivity index (χ1n) is 9.48. The van der Waals surface area contributed by atoms with Crippen molar-refractivity contribution in [2.45, 2.75) is 25.2 Å². The molecule has 1 N–H and O–H groups in total. The molecule has 4 heterocycles. The molecule has 0 radical (unpaired) electrons. The van der Waals surface area contributed by atoms with Gasteiger partial charge in [0.2, 0.25) is 11.8 Å². The van der Waals surface area contributed by atoms with Gasteiger partial charge in [-0.25, -0.2) is 4.98 Å². The zero-order chi connectivity index (χ0) is 19.7. The lowest BCUT2D eigenvalue weighted by Crippen LogP contribution is -2.52.